The first-order valence-electron chi connectivity index (χ1n) is 4.29. The lowest BCUT2D eigenvalue weighted by atomic mass is 10.2. The molecule has 74 valence electrons. The van der Waals surface area contributed by atoms with Crippen LogP contribution in [0.15, 0.2) is 12.1 Å². The standard InChI is InChI=1S/C9H17N3O/c1-11(2)9-5-4-7(12(9)3)8(13)6-10/h4-5,8,13H,6,10H2,1-3H3. The number of aromatic nitrogens is 1. The number of aliphatic hydroxyl groups excluding tert-OH is 1. The summed E-state index contributed by atoms with van der Waals surface area (Å²) in [6.07, 6.45) is -0.571. The Balaban J connectivity index is 2.99. The molecule has 0 bridgehead atoms. The summed E-state index contributed by atoms with van der Waals surface area (Å²) in [5, 5.41) is 9.54. The maximum Gasteiger partial charge on any atom is 0.107 e. The maximum atomic E-state index is 9.54. The third-order valence-electron chi connectivity index (χ3n) is 2.16. The van der Waals surface area contributed by atoms with Gasteiger partial charge in [-0.1, -0.05) is 0 Å². The van der Waals surface area contributed by atoms with Gasteiger partial charge in [0, 0.05) is 33.4 Å². The van der Waals surface area contributed by atoms with Crippen molar-refractivity contribution in [3.63, 3.8) is 0 Å². The first kappa shape index (κ1) is 10.1. The van der Waals surface area contributed by atoms with Crippen LogP contribution < -0.4 is 10.6 Å². The van der Waals surface area contributed by atoms with Crippen LogP contribution in [0.5, 0.6) is 0 Å². The van der Waals surface area contributed by atoms with Gasteiger partial charge in [0.2, 0.25) is 0 Å². The van der Waals surface area contributed by atoms with Crippen molar-refractivity contribution in [2.45, 2.75) is 6.10 Å². The molecule has 0 aliphatic heterocycles. The highest BCUT2D eigenvalue weighted by Gasteiger charge is 2.12. The molecule has 1 aromatic rings. The second-order valence-corrected chi connectivity index (χ2v) is 3.32. The fraction of sp³-hybridized carbons (Fsp3) is 0.556. The average molecular weight is 183 g/mol. The third-order valence-corrected chi connectivity index (χ3v) is 2.16. The summed E-state index contributed by atoms with van der Waals surface area (Å²) in [4.78, 5) is 1.99. The van der Waals surface area contributed by atoms with Gasteiger partial charge < -0.3 is 20.3 Å². The minimum atomic E-state index is -0.571. The predicted molar refractivity (Wildman–Crippen MR) is 53.8 cm³/mol. The Morgan fingerprint density at radius 1 is 1.54 bits per heavy atom. The number of rotatable bonds is 3. The second-order valence-electron chi connectivity index (χ2n) is 3.32. The number of hydrogen-bond donors (Lipinski definition) is 2. The molecule has 0 aliphatic carbocycles. The summed E-state index contributed by atoms with van der Waals surface area (Å²) in [6, 6.07) is 3.86. The quantitative estimate of drug-likeness (QED) is 0.698. The van der Waals surface area contributed by atoms with Crippen LogP contribution in [-0.4, -0.2) is 30.3 Å². The minimum absolute atomic E-state index is 0.255. The van der Waals surface area contributed by atoms with E-state index in [1.807, 2.05) is 42.7 Å². The van der Waals surface area contributed by atoms with Gasteiger partial charge in [0.25, 0.3) is 0 Å². The van der Waals surface area contributed by atoms with Crippen molar-refractivity contribution in [2.75, 3.05) is 25.5 Å². The number of aliphatic hydroxyl groups is 1. The lowest BCUT2D eigenvalue weighted by Crippen LogP contribution is -2.17. The van der Waals surface area contributed by atoms with Gasteiger partial charge in [-0.15, -0.1) is 0 Å². The van der Waals surface area contributed by atoms with Crippen LogP contribution >= 0.6 is 0 Å². The fourth-order valence-electron chi connectivity index (χ4n) is 1.42. The first-order chi connectivity index (χ1) is 6.07. The highest BCUT2D eigenvalue weighted by molar-refractivity contribution is 5.41. The molecule has 0 amide bonds. The third kappa shape index (κ3) is 1.84. The van der Waals surface area contributed by atoms with Crippen molar-refractivity contribution in [1.82, 2.24) is 4.57 Å². The summed E-state index contributed by atoms with van der Waals surface area (Å²) in [5.74, 6) is 1.06. The Kier molecular flexibility index (Phi) is 2.95. The van der Waals surface area contributed by atoms with Crippen LogP contribution in [0.1, 0.15) is 11.8 Å². The van der Waals surface area contributed by atoms with Gasteiger partial charge in [-0.05, 0) is 12.1 Å². The SMILES string of the molecule is CN(C)c1ccc(C(O)CN)n1C. The summed E-state index contributed by atoms with van der Waals surface area (Å²) < 4.78 is 1.94. The molecule has 0 spiro atoms. The van der Waals surface area contributed by atoms with Crippen LogP contribution in [0.3, 0.4) is 0 Å². The van der Waals surface area contributed by atoms with Gasteiger partial charge >= 0.3 is 0 Å². The average Bonchev–Trinajstić information content (AvgIpc) is 2.46. The lowest BCUT2D eigenvalue weighted by Gasteiger charge is -2.16. The van der Waals surface area contributed by atoms with E-state index in [1.54, 1.807) is 0 Å². The van der Waals surface area contributed by atoms with E-state index in [-0.39, 0.29) is 6.54 Å². The van der Waals surface area contributed by atoms with Crippen molar-refractivity contribution < 1.29 is 5.11 Å². The van der Waals surface area contributed by atoms with Gasteiger partial charge in [-0.3, -0.25) is 0 Å². The summed E-state index contributed by atoms with van der Waals surface area (Å²) in [6.45, 7) is 0.255. The molecule has 1 atom stereocenters. The molecule has 1 unspecified atom stereocenters. The van der Waals surface area contributed by atoms with Crippen molar-refractivity contribution in [3.8, 4) is 0 Å². The van der Waals surface area contributed by atoms with Crippen molar-refractivity contribution in [1.29, 1.82) is 0 Å². The van der Waals surface area contributed by atoms with E-state index in [0.29, 0.717) is 0 Å². The van der Waals surface area contributed by atoms with Gasteiger partial charge in [-0.2, -0.15) is 0 Å². The molecule has 0 saturated carbocycles. The van der Waals surface area contributed by atoms with Crippen molar-refractivity contribution >= 4 is 5.82 Å². The van der Waals surface area contributed by atoms with E-state index < -0.39 is 6.10 Å². The van der Waals surface area contributed by atoms with Crippen LogP contribution in [0, 0.1) is 0 Å². The Bertz CT molecular complexity index is 280. The van der Waals surface area contributed by atoms with Crippen LogP contribution in [-0.2, 0) is 7.05 Å². The first-order valence-corrected chi connectivity index (χ1v) is 4.29. The largest absolute Gasteiger partial charge is 0.386 e. The van der Waals surface area contributed by atoms with Gasteiger partial charge in [0.15, 0.2) is 0 Å². The summed E-state index contributed by atoms with van der Waals surface area (Å²) >= 11 is 0. The summed E-state index contributed by atoms with van der Waals surface area (Å²) in [7, 11) is 5.85. The fourth-order valence-corrected chi connectivity index (χ4v) is 1.42. The van der Waals surface area contributed by atoms with E-state index in [9.17, 15) is 5.11 Å². The predicted octanol–water partition coefficient (Wildman–Crippen LogP) is 0.0832. The molecule has 0 fully saturated rings. The molecule has 0 aromatic carbocycles. The minimum Gasteiger partial charge on any atom is -0.386 e. The van der Waals surface area contributed by atoms with E-state index in [4.69, 9.17) is 5.73 Å². The monoisotopic (exact) mass is 183 g/mol. The number of hydrogen-bond acceptors (Lipinski definition) is 3. The van der Waals surface area contributed by atoms with E-state index >= 15 is 0 Å². The molecule has 4 heteroatoms. The molecule has 0 saturated heterocycles. The Morgan fingerprint density at radius 3 is 2.54 bits per heavy atom. The zero-order valence-corrected chi connectivity index (χ0v) is 8.36. The van der Waals surface area contributed by atoms with E-state index in [1.165, 1.54) is 0 Å². The molecule has 3 N–H and O–H groups in total. The maximum absolute atomic E-state index is 9.54. The Morgan fingerprint density at radius 2 is 2.15 bits per heavy atom. The number of anilines is 1. The highest BCUT2D eigenvalue weighted by Crippen LogP contribution is 2.20. The molecule has 1 aromatic heterocycles. The molecule has 0 radical (unpaired) electrons. The van der Waals surface area contributed by atoms with Crippen LogP contribution in [0.25, 0.3) is 0 Å². The molecule has 1 heterocycles. The molecule has 13 heavy (non-hydrogen) atoms. The lowest BCUT2D eigenvalue weighted by molar-refractivity contribution is 0.178. The van der Waals surface area contributed by atoms with Crippen LogP contribution in [0.4, 0.5) is 5.82 Å². The highest BCUT2D eigenvalue weighted by atomic mass is 16.3. The zero-order valence-electron chi connectivity index (χ0n) is 8.36. The number of nitrogens with zero attached hydrogens (tertiary/aromatic N) is 2. The van der Waals surface area contributed by atoms with Crippen molar-refractivity contribution in [2.24, 2.45) is 12.8 Å². The van der Waals surface area contributed by atoms with Crippen LogP contribution in [0.2, 0.25) is 0 Å². The molecule has 4 nitrogen and oxygen atoms in total. The van der Waals surface area contributed by atoms with E-state index in [2.05, 4.69) is 0 Å². The topological polar surface area (TPSA) is 54.4 Å². The molecular formula is C9H17N3O. The van der Waals surface area contributed by atoms with E-state index in [0.717, 1.165) is 11.5 Å². The normalized spacial score (nSPS) is 13.0. The Hall–Kier alpha value is -1.00. The molecular weight excluding hydrogens is 166 g/mol. The molecule has 1 rings (SSSR count). The number of nitrogens with two attached hydrogens (primary N) is 1. The molecule has 0 aliphatic rings. The van der Waals surface area contributed by atoms with Gasteiger partial charge in [-0.25, -0.2) is 0 Å². The smallest absolute Gasteiger partial charge is 0.107 e. The zero-order chi connectivity index (χ0) is 10.0. The van der Waals surface area contributed by atoms with Gasteiger partial charge in [0.1, 0.15) is 11.9 Å². The van der Waals surface area contributed by atoms with Gasteiger partial charge in [0.05, 0.1) is 0 Å². The van der Waals surface area contributed by atoms with Crippen molar-refractivity contribution in [3.05, 3.63) is 17.8 Å². The Labute approximate surface area is 78.6 Å². The second kappa shape index (κ2) is 3.81. The summed E-state index contributed by atoms with van der Waals surface area (Å²) in [5.41, 5.74) is 6.23.